The van der Waals surface area contributed by atoms with Crippen LogP contribution in [0.1, 0.15) is 60.2 Å². The van der Waals surface area contributed by atoms with E-state index in [1.54, 1.807) is 0 Å². The highest BCUT2D eigenvalue weighted by Crippen LogP contribution is 2.46. The summed E-state index contributed by atoms with van der Waals surface area (Å²) in [5, 5.41) is 1.42. The number of fused-ring (bicyclic) bond motifs is 2. The molecule has 1 aliphatic heterocycles. The molecule has 2 aliphatic rings. The predicted molar refractivity (Wildman–Crippen MR) is 125 cm³/mol. The summed E-state index contributed by atoms with van der Waals surface area (Å²) < 4.78 is 5.73. The number of carbonyl (C=O) groups excluding carboxylic acids is 1. The topological polar surface area (TPSA) is 45.3 Å². The maximum absolute atomic E-state index is 12.4. The Labute approximate surface area is 184 Å². The van der Waals surface area contributed by atoms with Crippen LogP contribution in [0.2, 0.25) is 0 Å². The lowest BCUT2D eigenvalue weighted by molar-refractivity contribution is 0.0276. The Kier molecular flexibility index (Phi) is 4.93. The van der Waals surface area contributed by atoms with E-state index in [4.69, 9.17) is 4.74 Å². The second-order valence-corrected chi connectivity index (χ2v) is 10.4. The molecule has 1 aliphatic carbocycles. The summed E-state index contributed by atoms with van der Waals surface area (Å²) in [6, 6.07) is 14.6. The van der Waals surface area contributed by atoms with Gasteiger partial charge in [-0.15, -0.1) is 0 Å². The molecule has 0 spiro atoms. The van der Waals surface area contributed by atoms with Crippen LogP contribution in [0, 0.1) is 5.92 Å². The van der Waals surface area contributed by atoms with E-state index in [9.17, 15) is 4.79 Å². The molecule has 5 rings (SSSR count). The van der Waals surface area contributed by atoms with E-state index in [2.05, 4.69) is 56.0 Å². The zero-order valence-corrected chi connectivity index (χ0v) is 18.9. The van der Waals surface area contributed by atoms with Crippen LogP contribution < -0.4 is 0 Å². The SMILES string of the molecule is CN1C[C@H](COC(=O)c2ccccc2)C[C@@H]2c3cc(C(C)(C)C)cc4[nH]cc(c34)C[C@H]21. The minimum Gasteiger partial charge on any atom is -0.462 e. The molecule has 4 nitrogen and oxygen atoms in total. The van der Waals surface area contributed by atoms with Gasteiger partial charge in [-0.25, -0.2) is 4.79 Å². The average Bonchev–Trinajstić information content (AvgIpc) is 3.16. The number of likely N-dealkylation sites (tertiary alicyclic amines) is 1. The van der Waals surface area contributed by atoms with Crippen LogP contribution in [-0.2, 0) is 16.6 Å². The van der Waals surface area contributed by atoms with Gasteiger partial charge in [-0.05, 0) is 60.2 Å². The van der Waals surface area contributed by atoms with Gasteiger partial charge in [0.2, 0.25) is 0 Å². The molecular formula is C27H32N2O2. The van der Waals surface area contributed by atoms with E-state index in [1.807, 2.05) is 30.3 Å². The highest BCUT2D eigenvalue weighted by Gasteiger charge is 2.40. The summed E-state index contributed by atoms with van der Waals surface area (Å²) in [7, 11) is 2.23. The van der Waals surface area contributed by atoms with Crippen LogP contribution in [0.4, 0.5) is 0 Å². The average molecular weight is 417 g/mol. The Morgan fingerprint density at radius 1 is 1.19 bits per heavy atom. The molecular weight excluding hydrogens is 384 g/mol. The quantitative estimate of drug-likeness (QED) is 0.591. The Bertz CT molecular complexity index is 1110. The molecule has 4 heteroatoms. The van der Waals surface area contributed by atoms with E-state index in [0.717, 1.165) is 19.4 Å². The maximum Gasteiger partial charge on any atom is 0.338 e. The molecule has 31 heavy (non-hydrogen) atoms. The summed E-state index contributed by atoms with van der Waals surface area (Å²) in [6.45, 7) is 8.28. The molecule has 0 amide bonds. The number of piperidine rings is 1. The van der Waals surface area contributed by atoms with Crippen molar-refractivity contribution < 1.29 is 9.53 Å². The van der Waals surface area contributed by atoms with Crippen molar-refractivity contribution in [3.05, 3.63) is 70.9 Å². The molecule has 3 aromatic rings. The molecule has 2 aromatic carbocycles. The molecule has 2 heterocycles. The monoisotopic (exact) mass is 416 g/mol. The fourth-order valence-electron chi connectivity index (χ4n) is 5.53. The molecule has 162 valence electrons. The van der Waals surface area contributed by atoms with Crippen LogP contribution in [-0.4, -0.2) is 42.1 Å². The Hall–Kier alpha value is -2.59. The van der Waals surface area contributed by atoms with Crippen LogP contribution >= 0.6 is 0 Å². The van der Waals surface area contributed by atoms with Crippen molar-refractivity contribution in [2.45, 2.75) is 51.0 Å². The summed E-state index contributed by atoms with van der Waals surface area (Å²) in [5.41, 5.74) is 6.28. The Balaban J connectivity index is 1.42. The van der Waals surface area contributed by atoms with E-state index >= 15 is 0 Å². The highest BCUT2D eigenvalue weighted by molar-refractivity contribution is 5.90. The van der Waals surface area contributed by atoms with Crippen molar-refractivity contribution in [1.29, 1.82) is 0 Å². The molecule has 1 N–H and O–H groups in total. The van der Waals surface area contributed by atoms with Gasteiger partial charge in [-0.3, -0.25) is 0 Å². The summed E-state index contributed by atoms with van der Waals surface area (Å²) in [5.74, 6) is 0.582. The Morgan fingerprint density at radius 2 is 1.97 bits per heavy atom. The van der Waals surface area contributed by atoms with Gasteiger partial charge in [0.15, 0.2) is 0 Å². The van der Waals surface area contributed by atoms with E-state index in [-0.39, 0.29) is 11.4 Å². The minimum absolute atomic E-state index is 0.105. The first kappa shape index (κ1) is 20.3. The Morgan fingerprint density at radius 3 is 2.71 bits per heavy atom. The number of hydrogen-bond acceptors (Lipinski definition) is 3. The summed E-state index contributed by atoms with van der Waals surface area (Å²) in [4.78, 5) is 18.5. The van der Waals surface area contributed by atoms with Gasteiger partial charge in [0.05, 0.1) is 12.2 Å². The number of aromatic amines is 1. The third kappa shape index (κ3) is 3.67. The number of likely N-dealkylation sites (N-methyl/N-ethyl adjacent to an activating group) is 1. The summed E-state index contributed by atoms with van der Waals surface area (Å²) >= 11 is 0. The lowest BCUT2D eigenvalue weighted by Gasteiger charge is -2.45. The highest BCUT2D eigenvalue weighted by atomic mass is 16.5. The van der Waals surface area contributed by atoms with Crippen LogP contribution in [0.5, 0.6) is 0 Å². The molecule has 0 radical (unpaired) electrons. The number of ether oxygens (including phenoxy) is 1. The second kappa shape index (κ2) is 7.52. The third-order valence-electron chi connectivity index (χ3n) is 7.21. The molecule has 0 saturated carbocycles. The van der Waals surface area contributed by atoms with Gasteiger partial charge in [-0.2, -0.15) is 0 Å². The van der Waals surface area contributed by atoms with Crippen LogP contribution in [0.25, 0.3) is 10.9 Å². The van der Waals surface area contributed by atoms with Crippen molar-refractivity contribution >= 4 is 16.9 Å². The predicted octanol–water partition coefficient (Wildman–Crippen LogP) is 5.28. The zero-order valence-electron chi connectivity index (χ0n) is 18.9. The van der Waals surface area contributed by atoms with Gasteiger partial charge in [0.1, 0.15) is 0 Å². The van der Waals surface area contributed by atoms with Gasteiger partial charge in [-0.1, -0.05) is 45.0 Å². The minimum atomic E-state index is -0.223. The number of rotatable bonds is 3. The zero-order chi connectivity index (χ0) is 21.8. The standard InChI is InChI=1S/C27H32N2O2/c1-27(2,3)20-12-22-21-10-17(16-31-26(30)18-8-6-5-7-9-18)15-29(4)24(21)11-19-14-28-23(13-20)25(19)22/h5-9,12-14,17,21,24,28H,10-11,15-16H2,1-4H3/t17-,21-,24-/m1/s1. The van der Waals surface area contributed by atoms with Crippen LogP contribution in [0.3, 0.4) is 0 Å². The first-order chi connectivity index (χ1) is 14.8. The number of H-pyrrole nitrogens is 1. The van der Waals surface area contributed by atoms with Gasteiger partial charge >= 0.3 is 5.97 Å². The first-order valence-electron chi connectivity index (χ1n) is 11.4. The lowest BCUT2D eigenvalue weighted by Crippen LogP contribution is -2.48. The normalized spacial score (nSPS) is 23.5. The fourth-order valence-corrected chi connectivity index (χ4v) is 5.53. The van der Waals surface area contributed by atoms with Crippen molar-refractivity contribution in [3.8, 4) is 0 Å². The number of carbonyl (C=O) groups is 1. The van der Waals surface area contributed by atoms with E-state index in [0.29, 0.717) is 30.0 Å². The molecule has 3 atom stereocenters. The van der Waals surface area contributed by atoms with Gasteiger partial charge < -0.3 is 14.6 Å². The molecule has 0 unspecified atom stereocenters. The fraction of sp³-hybridized carbons (Fsp3) is 0.444. The number of nitrogens with zero attached hydrogens (tertiary/aromatic N) is 1. The molecule has 0 bridgehead atoms. The summed E-state index contributed by atoms with van der Waals surface area (Å²) in [6.07, 6.45) is 4.35. The van der Waals surface area contributed by atoms with Crippen LogP contribution in [0.15, 0.2) is 48.7 Å². The number of esters is 1. The first-order valence-corrected chi connectivity index (χ1v) is 11.4. The van der Waals surface area contributed by atoms with Gasteiger partial charge in [0, 0.05) is 41.5 Å². The molecule has 1 saturated heterocycles. The maximum atomic E-state index is 12.4. The van der Waals surface area contributed by atoms with Gasteiger partial charge in [0.25, 0.3) is 0 Å². The van der Waals surface area contributed by atoms with E-state index < -0.39 is 0 Å². The lowest BCUT2D eigenvalue weighted by atomic mass is 9.71. The largest absolute Gasteiger partial charge is 0.462 e. The number of aromatic nitrogens is 1. The second-order valence-electron chi connectivity index (χ2n) is 10.4. The molecule has 1 fully saturated rings. The van der Waals surface area contributed by atoms with Crippen molar-refractivity contribution in [1.82, 2.24) is 9.88 Å². The van der Waals surface area contributed by atoms with E-state index in [1.165, 1.54) is 27.6 Å². The number of hydrogen-bond donors (Lipinski definition) is 1. The number of benzene rings is 2. The smallest absolute Gasteiger partial charge is 0.338 e. The third-order valence-corrected chi connectivity index (χ3v) is 7.21. The number of nitrogens with one attached hydrogen (secondary N) is 1. The van der Waals surface area contributed by atoms with Crippen molar-refractivity contribution in [2.75, 3.05) is 20.2 Å². The molecule has 1 aromatic heterocycles. The van der Waals surface area contributed by atoms with Crippen molar-refractivity contribution in [3.63, 3.8) is 0 Å². The van der Waals surface area contributed by atoms with Crippen molar-refractivity contribution in [2.24, 2.45) is 5.92 Å².